The summed E-state index contributed by atoms with van der Waals surface area (Å²) in [5.74, 6) is -0.879. The number of carboxylic acids is 1. The highest BCUT2D eigenvalue weighted by Crippen LogP contribution is 2.08. The molecule has 0 saturated heterocycles. The van der Waals surface area contributed by atoms with E-state index in [9.17, 15) is 4.79 Å². The van der Waals surface area contributed by atoms with Crippen LogP contribution in [0.15, 0.2) is 24.3 Å². The van der Waals surface area contributed by atoms with Crippen molar-refractivity contribution in [2.75, 3.05) is 0 Å². The maximum atomic E-state index is 10.6. The monoisotopic (exact) mass is 210 g/mol. The minimum Gasteiger partial charge on any atom is -0.478 e. The zero-order valence-corrected chi connectivity index (χ0v) is 9.67. The molecule has 0 unspecified atom stereocenters. The molecule has 0 atom stereocenters. The van der Waals surface area contributed by atoms with E-state index in [-0.39, 0.29) is 0 Å². The summed E-state index contributed by atoms with van der Waals surface area (Å²) in [5, 5.41) is 8.71. The van der Waals surface area contributed by atoms with Crippen molar-refractivity contribution in [3.8, 4) is 0 Å². The Morgan fingerprint density at radius 3 is 2.33 bits per heavy atom. The molecular weight excluding hydrogens is 188 g/mol. The van der Waals surface area contributed by atoms with Gasteiger partial charge in [-0.3, -0.25) is 0 Å². The highest BCUT2D eigenvalue weighted by Gasteiger charge is 2.00. The second-order valence-electron chi connectivity index (χ2n) is 3.73. The zero-order chi connectivity index (χ0) is 11.5. The lowest BCUT2D eigenvalue weighted by Gasteiger charge is -1.98. The molecule has 0 spiro atoms. The minimum absolute atomic E-state index is 0.323. The second-order valence-corrected chi connectivity index (χ2v) is 3.73. The van der Waals surface area contributed by atoms with E-state index >= 15 is 0 Å². The molecule has 0 heterocycles. The standard InChI is InChI=1S/C13H22O2/c1-3-5-6-7-8-9-10-11-12(4-2)13(14)15/h4,11H,2-3,5-10H2,1H3,(H,14,15). The van der Waals surface area contributed by atoms with Gasteiger partial charge >= 0.3 is 5.97 Å². The number of aliphatic carboxylic acids is 1. The van der Waals surface area contributed by atoms with Crippen LogP contribution >= 0.6 is 0 Å². The van der Waals surface area contributed by atoms with E-state index in [1.54, 1.807) is 6.08 Å². The molecule has 0 amide bonds. The Balaban J connectivity index is 3.51. The summed E-state index contributed by atoms with van der Waals surface area (Å²) in [6.45, 7) is 5.67. The summed E-state index contributed by atoms with van der Waals surface area (Å²) in [5.41, 5.74) is 0.323. The number of unbranched alkanes of at least 4 members (excludes halogenated alkanes) is 6. The summed E-state index contributed by atoms with van der Waals surface area (Å²) in [6.07, 6.45) is 11.4. The van der Waals surface area contributed by atoms with E-state index in [0.717, 1.165) is 12.8 Å². The van der Waals surface area contributed by atoms with Gasteiger partial charge in [0.05, 0.1) is 5.57 Å². The van der Waals surface area contributed by atoms with Crippen LogP contribution in [0.3, 0.4) is 0 Å². The van der Waals surface area contributed by atoms with E-state index in [0.29, 0.717) is 5.57 Å². The smallest absolute Gasteiger partial charge is 0.335 e. The number of carboxylic acid groups (broad SMARTS) is 1. The van der Waals surface area contributed by atoms with Crippen LogP contribution in [0.1, 0.15) is 51.9 Å². The van der Waals surface area contributed by atoms with Gasteiger partial charge in [0, 0.05) is 0 Å². The quantitative estimate of drug-likeness (QED) is 0.355. The van der Waals surface area contributed by atoms with Gasteiger partial charge in [0.2, 0.25) is 0 Å². The van der Waals surface area contributed by atoms with E-state index in [1.807, 2.05) is 0 Å². The molecule has 2 nitrogen and oxygen atoms in total. The highest BCUT2D eigenvalue weighted by molar-refractivity contribution is 5.89. The Bertz CT molecular complexity index is 217. The molecule has 0 saturated carbocycles. The largest absolute Gasteiger partial charge is 0.478 e. The summed E-state index contributed by atoms with van der Waals surface area (Å²) in [4.78, 5) is 10.6. The summed E-state index contributed by atoms with van der Waals surface area (Å²) in [6, 6.07) is 0. The Labute approximate surface area is 92.7 Å². The van der Waals surface area contributed by atoms with Crippen LogP contribution in [0.5, 0.6) is 0 Å². The van der Waals surface area contributed by atoms with Gasteiger partial charge in [0.1, 0.15) is 0 Å². The van der Waals surface area contributed by atoms with Crippen LogP contribution in [-0.4, -0.2) is 11.1 Å². The lowest BCUT2D eigenvalue weighted by molar-refractivity contribution is -0.132. The first-order chi connectivity index (χ1) is 7.22. The number of allylic oxidation sites excluding steroid dienone is 1. The van der Waals surface area contributed by atoms with Gasteiger partial charge in [0.25, 0.3) is 0 Å². The molecule has 0 aliphatic rings. The zero-order valence-electron chi connectivity index (χ0n) is 9.67. The van der Waals surface area contributed by atoms with Crippen molar-refractivity contribution in [2.24, 2.45) is 0 Å². The van der Waals surface area contributed by atoms with Crippen LogP contribution in [0.4, 0.5) is 0 Å². The fourth-order valence-corrected chi connectivity index (χ4v) is 1.44. The van der Waals surface area contributed by atoms with E-state index in [4.69, 9.17) is 5.11 Å². The van der Waals surface area contributed by atoms with Crippen LogP contribution in [0.25, 0.3) is 0 Å². The van der Waals surface area contributed by atoms with Crippen LogP contribution in [-0.2, 0) is 4.79 Å². The van der Waals surface area contributed by atoms with Gasteiger partial charge in [-0.1, -0.05) is 57.8 Å². The maximum absolute atomic E-state index is 10.6. The van der Waals surface area contributed by atoms with Crippen LogP contribution < -0.4 is 0 Å². The second kappa shape index (κ2) is 9.50. The maximum Gasteiger partial charge on any atom is 0.335 e. The average molecular weight is 210 g/mol. The normalized spacial score (nSPS) is 11.4. The summed E-state index contributed by atoms with van der Waals surface area (Å²) < 4.78 is 0. The van der Waals surface area contributed by atoms with Crippen molar-refractivity contribution in [3.63, 3.8) is 0 Å². The van der Waals surface area contributed by atoms with Crippen LogP contribution in [0.2, 0.25) is 0 Å². The molecule has 0 aliphatic carbocycles. The first-order valence-electron chi connectivity index (χ1n) is 5.78. The molecule has 0 radical (unpaired) electrons. The van der Waals surface area contributed by atoms with Gasteiger partial charge in [-0.05, 0) is 12.8 Å². The lowest BCUT2D eigenvalue weighted by Crippen LogP contribution is -1.96. The average Bonchev–Trinajstić information content (AvgIpc) is 2.21. The van der Waals surface area contributed by atoms with Crippen molar-refractivity contribution < 1.29 is 9.90 Å². The molecule has 0 aromatic rings. The molecule has 86 valence electrons. The van der Waals surface area contributed by atoms with Gasteiger partial charge in [-0.25, -0.2) is 4.79 Å². The van der Waals surface area contributed by atoms with Crippen molar-refractivity contribution in [2.45, 2.75) is 51.9 Å². The first kappa shape index (κ1) is 13.9. The van der Waals surface area contributed by atoms with Gasteiger partial charge in [0.15, 0.2) is 0 Å². The topological polar surface area (TPSA) is 37.3 Å². The van der Waals surface area contributed by atoms with E-state index in [2.05, 4.69) is 13.5 Å². The Kier molecular flexibility index (Phi) is 8.84. The predicted octanol–water partition coefficient (Wildman–Crippen LogP) is 3.93. The number of hydrogen-bond acceptors (Lipinski definition) is 1. The van der Waals surface area contributed by atoms with Gasteiger partial charge in [-0.15, -0.1) is 0 Å². The Morgan fingerprint density at radius 1 is 1.20 bits per heavy atom. The first-order valence-corrected chi connectivity index (χ1v) is 5.78. The van der Waals surface area contributed by atoms with Crippen LogP contribution in [0, 0.1) is 0 Å². The Morgan fingerprint density at radius 2 is 1.80 bits per heavy atom. The predicted molar refractivity (Wildman–Crippen MR) is 63.9 cm³/mol. The molecule has 0 aromatic heterocycles. The third kappa shape index (κ3) is 7.98. The fraction of sp³-hybridized carbons (Fsp3) is 0.615. The number of rotatable bonds is 9. The SMILES string of the molecule is C=CC(=CCCCCCCCC)C(=O)O. The molecule has 0 aliphatic heterocycles. The van der Waals surface area contributed by atoms with Crippen molar-refractivity contribution in [1.82, 2.24) is 0 Å². The van der Waals surface area contributed by atoms with E-state index < -0.39 is 5.97 Å². The number of hydrogen-bond donors (Lipinski definition) is 1. The van der Waals surface area contributed by atoms with Crippen molar-refractivity contribution >= 4 is 5.97 Å². The molecule has 1 N–H and O–H groups in total. The molecule has 0 aromatic carbocycles. The van der Waals surface area contributed by atoms with Crippen molar-refractivity contribution in [3.05, 3.63) is 24.3 Å². The summed E-state index contributed by atoms with van der Waals surface area (Å²) >= 11 is 0. The molecule has 0 fully saturated rings. The Hall–Kier alpha value is -1.05. The minimum atomic E-state index is -0.879. The number of carbonyl (C=O) groups is 1. The molecular formula is C13H22O2. The van der Waals surface area contributed by atoms with Gasteiger partial charge < -0.3 is 5.11 Å². The summed E-state index contributed by atoms with van der Waals surface area (Å²) in [7, 11) is 0. The molecule has 0 bridgehead atoms. The molecule has 15 heavy (non-hydrogen) atoms. The highest BCUT2D eigenvalue weighted by atomic mass is 16.4. The fourth-order valence-electron chi connectivity index (χ4n) is 1.44. The molecule has 2 heteroatoms. The molecule has 0 rings (SSSR count). The lowest BCUT2D eigenvalue weighted by atomic mass is 10.1. The third-order valence-electron chi connectivity index (χ3n) is 2.39. The van der Waals surface area contributed by atoms with E-state index in [1.165, 1.54) is 38.2 Å². The van der Waals surface area contributed by atoms with Gasteiger partial charge in [-0.2, -0.15) is 0 Å². The third-order valence-corrected chi connectivity index (χ3v) is 2.39. The van der Waals surface area contributed by atoms with Crippen molar-refractivity contribution in [1.29, 1.82) is 0 Å².